The first-order valence-electron chi connectivity index (χ1n) is 10.1. The third-order valence-electron chi connectivity index (χ3n) is 5.22. The number of hydrogen-bond donors (Lipinski definition) is 1. The van der Waals surface area contributed by atoms with Gasteiger partial charge in [0.15, 0.2) is 0 Å². The fraction of sp³-hybridized carbons (Fsp3) is 0.435. The Labute approximate surface area is 185 Å². The van der Waals surface area contributed by atoms with Crippen LogP contribution in [0.4, 0.5) is 0 Å². The molecule has 1 atom stereocenters. The van der Waals surface area contributed by atoms with E-state index in [1.807, 2.05) is 26.0 Å². The third-order valence-corrected chi connectivity index (χ3v) is 7.04. The molecule has 8 heteroatoms. The lowest BCUT2D eigenvalue weighted by molar-refractivity contribution is -0.121. The molecule has 0 saturated heterocycles. The van der Waals surface area contributed by atoms with E-state index < -0.39 is 10.0 Å². The average molecular weight is 449 g/mol. The SMILES string of the molecule is COc1ccc(S(=O)(=O)N(C)CC(=O)NC(C)c2cc(C(C)C)c(OC)cc2C)cc1. The largest absolute Gasteiger partial charge is 0.497 e. The maximum absolute atomic E-state index is 12.8. The molecule has 0 spiro atoms. The maximum Gasteiger partial charge on any atom is 0.243 e. The number of benzene rings is 2. The van der Waals surface area contributed by atoms with Crippen molar-refractivity contribution in [1.29, 1.82) is 0 Å². The number of rotatable bonds is 9. The third kappa shape index (κ3) is 5.77. The number of likely N-dealkylation sites (N-methyl/N-ethyl adjacent to an activating group) is 1. The minimum Gasteiger partial charge on any atom is -0.497 e. The number of nitrogens with zero attached hydrogens (tertiary/aromatic N) is 1. The van der Waals surface area contributed by atoms with E-state index in [1.165, 1.54) is 26.3 Å². The van der Waals surface area contributed by atoms with Crippen LogP contribution < -0.4 is 14.8 Å². The fourth-order valence-electron chi connectivity index (χ4n) is 3.39. The van der Waals surface area contributed by atoms with Gasteiger partial charge in [0.25, 0.3) is 0 Å². The van der Waals surface area contributed by atoms with Gasteiger partial charge >= 0.3 is 0 Å². The lowest BCUT2D eigenvalue weighted by Crippen LogP contribution is -2.39. The first kappa shape index (κ1) is 24.7. The van der Waals surface area contributed by atoms with E-state index in [2.05, 4.69) is 19.2 Å². The van der Waals surface area contributed by atoms with Gasteiger partial charge in [-0.05, 0) is 72.9 Å². The van der Waals surface area contributed by atoms with Crippen molar-refractivity contribution in [3.05, 3.63) is 53.1 Å². The summed E-state index contributed by atoms with van der Waals surface area (Å²) in [4.78, 5) is 12.7. The summed E-state index contributed by atoms with van der Waals surface area (Å²) in [7, 11) is 0.747. The van der Waals surface area contributed by atoms with Crippen LogP contribution in [0.2, 0.25) is 0 Å². The molecule has 1 amide bonds. The van der Waals surface area contributed by atoms with Crippen molar-refractivity contribution in [2.75, 3.05) is 27.8 Å². The molecule has 7 nitrogen and oxygen atoms in total. The monoisotopic (exact) mass is 448 g/mol. The Morgan fingerprint density at radius 3 is 2.16 bits per heavy atom. The number of hydrogen-bond acceptors (Lipinski definition) is 5. The molecule has 1 N–H and O–H groups in total. The predicted molar refractivity (Wildman–Crippen MR) is 121 cm³/mol. The molecular formula is C23H32N2O5S. The van der Waals surface area contributed by atoms with Gasteiger partial charge in [-0.1, -0.05) is 13.8 Å². The van der Waals surface area contributed by atoms with Crippen LogP contribution in [0.25, 0.3) is 0 Å². The molecule has 0 saturated carbocycles. The summed E-state index contributed by atoms with van der Waals surface area (Å²) in [6.45, 7) is 7.73. The maximum atomic E-state index is 12.8. The van der Waals surface area contributed by atoms with Gasteiger partial charge in [-0.15, -0.1) is 0 Å². The standard InChI is InChI=1S/C23H32N2O5S/c1-15(2)20-13-21(16(3)12-22(20)30-7)17(4)24-23(26)14-25(5)31(27,28)19-10-8-18(29-6)9-11-19/h8-13,15,17H,14H2,1-7H3,(H,24,26). The molecule has 0 bridgehead atoms. The second kappa shape index (κ2) is 10.2. The Morgan fingerprint density at radius 2 is 1.65 bits per heavy atom. The van der Waals surface area contributed by atoms with Crippen LogP contribution in [-0.4, -0.2) is 46.4 Å². The number of carbonyl (C=O) groups excluding carboxylic acids is 1. The van der Waals surface area contributed by atoms with Crippen molar-refractivity contribution in [2.45, 2.75) is 44.6 Å². The zero-order chi connectivity index (χ0) is 23.3. The molecule has 0 aromatic heterocycles. The van der Waals surface area contributed by atoms with Crippen LogP contribution in [0.5, 0.6) is 11.5 Å². The molecule has 0 aliphatic heterocycles. The van der Waals surface area contributed by atoms with Gasteiger partial charge in [0, 0.05) is 7.05 Å². The smallest absolute Gasteiger partial charge is 0.243 e. The van der Waals surface area contributed by atoms with Gasteiger partial charge in [-0.2, -0.15) is 4.31 Å². The summed E-state index contributed by atoms with van der Waals surface area (Å²) in [6, 6.07) is 9.78. The van der Waals surface area contributed by atoms with Crippen molar-refractivity contribution in [3.8, 4) is 11.5 Å². The predicted octanol–water partition coefficient (Wildman–Crippen LogP) is 3.63. The Bertz CT molecular complexity index is 1020. The van der Waals surface area contributed by atoms with Crippen LogP contribution in [0.1, 0.15) is 49.4 Å². The summed E-state index contributed by atoms with van der Waals surface area (Å²) in [5.41, 5.74) is 3.02. The van der Waals surface area contributed by atoms with Crippen molar-refractivity contribution in [3.63, 3.8) is 0 Å². The lowest BCUT2D eigenvalue weighted by atomic mass is 9.93. The number of nitrogens with one attached hydrogen (secondary N) is 1. The number of ether oxygens (including phenoxy) is 2. The first-order chi connectivity index (χ1) is 14.5. The van der Waals surface area contributed by atoms with E-state index in [-0.39, 0.29) is 29.3 Å². The molecule has 0 fully saturated rings. The van der Waals surface area contributed by atoms with Gasteiger partial charge in [-0.25, -0.2) is 8.42 Å². The van der Waals surface area contributed by atoms with Crippen molar-refractivity contribution >= 4 is 15.9 Å². The minimum atomic E-state index is -3.79. The average Bonchev–Trinajstić information content (AvgIpc) is 2.72. The number of carbonyl (C=O) groups is 1. The Balaban J connectivity index is 2.13. The molecule has 170 valence electrons. The molecule has 0 heterocycles. The van der Waals surface area contributed by atoms with E-state index >= 15 is 0 Å². The highest BCUT2D eigenvalue weighted by molar-refractivity contribution is 7.89. The van der Waals surface area contributed by atoms with Gasteiger partial charge in [-0.3, -0.25) is 4.79 Å². The fourth-order valence-corrected chi connectivity index (χ4v) is 4.52. The Kier molecular flexibility index (Phi) is 8.08. The second-order valence-electron chi connectivity index (χ2n) is 7.83. The number of sulfonamides is 1. The summed E-state index contributed by atoms with van der Waals surface area (Å²) in [5, 5.41) is 2.91. The van der Waals surface area contributed by atoms with E-state index in [4.69, 9.17) is 9.47 Å². The van der Waals surface area contributed by atoms with Gasteiger partial charge in [0.2, 0.25) is 15.9 Å². The highest BCUT2D eigenvalue weighted by atomic mass is 32.2. The Morgan fingerprint density at radius 1 is 1.03 bits per heavy atom. The molecule has 31 heavy (non-hydrogen) atoms. The quantitative estimate of drug-likeness (QED) is 0.633. The van der Waals surface area contributed by atoms with E-state index in [9.17, 15) is 13.2 Å². The molecule has 1 unspecified atom stereocenters. The van der Waals surface area contributed by atoms with Crippen LogP contribution in [-0.2, 0) is 14.8 Å². The number of aryl methyl sites for hydroxylation is 1. The number of amides is 1. The van der Waals surface area contributed by atoms with Crippen LogP contribution >= 0.6 is 0 Å². The van der Waals surface area contributed by atoms with Crippen LogP contribution in [0.3, 0.4) is 0 Å². The number of methoxy groups -OCH3 is 2. The van der Waals surface area contributed by atoms with E-state index in [0.717, 1.165) is 26.7 Å². The molecule has 2 rings (SSSR count). The normalized spacial score (nSPS) is 12.7. The van der Waals surface area contributed by atoms with Gasteiger partial charge in [0.05, 0.1) is 31.7 Å². The van der Waals surface area contributed by atoms with E-state index in [0.29, 0.717) is 5.75 Å². The van der Waals surface area contributed by atoms with Crippen molar-refractivity contribution in [2.24, 2.45) is 0 Å². The summed E-state index contributed by atoms with van der Waals surface area (Å²) in [6.07, 6.45) is 0. The second-order valence-corrected chi connectivity index (χ2v) is 9.88. The lowest BCUT2D eigenvalue weighted by Gasteiger charge is -2.22. The first-order valence-corrected chi connectivity index (χ1v) is 11.5. The summed E-state index contributed by atoms with van der Waals surface area (Å²) < 4.78 is 37.1. The molecule has 0 aliphatic rings. The summed E-state index contributed by atoms with van der Waals surface area (Å²) in [5.74, 6) is 1.26. The van der Waals surface area contributed by atoms with Gasteiger partial charge < -0.3 is 14.8 Å². The highest BCUT2D eigenvalue weighted by Crippen LogP contribution is 2.32. The Hall–Kier alpha value is -2.58. The van der Waals surface area contributed by atoms with Crippen LogP contribution in [0, 0.1) is 6.92 Å². The minimum absolute atomic E-state index is 0.101. The van der Waals surface area contributed by atoms with Crippen molar-refractivity contribution < 1.29 is 22.7 Å². The van der Waals surface area contributed by atoms with E-state index in [1.54, 1.807) is 19.2 Å². The van der Waals surface area contributed by atoms with Crippen LogP contribution in [0.15, 0.2) is 41.3 Å². The molecule has 0 aliphatic carbocycles. The zero-order valence-electron chi connectivity index (χ0n) is 19.2. The zero-order valence-corrected chi connectivity index (χ0v) is 20.0. The van der Waals surface area contributed by atoms with Crippen molar-refractivity contribution in [1.82, 2.24) is 9.62 Å². The molecule has 2 aromatic carbocycles. The molecule has 2 aromatic rings. The molecule has 0 radical (unpaired) electrons. The van der Waals surface area contributed by atoms with Gasteiger partial charge in [0.1, 0.15) is 11.5 Å². The molecular weight excluding hydrogens is 416 g/mol. The summed E-state index contributed by atoms with van der Waals surface area (Å²) >= 11 is 0. The highest BCUT2D eigenvalue weighted by Gasteiger charge is 2.24. The topological polar surface area (TPSA) is 84.9 Å².